The van der Waals surface area contributed by atoms with E-state index in [2.05, 4.69) is 11.8 Å². The largest absolute Gasteiger partial charge is 0.330 e. The number of aryl methyl sites for hydroxylation is 1. The molecule has 2 rings (SSSR count). The van der Waals surface area contributed by atoms with E-state index in [9.17, 15) is 4.79 Å². The molecular weight excluding hydrogens is 236 g/mol. The third-order valence-electron chi connectivity index (χ3n) is 4.22. The number of nitrogens with zero attached hydrogens (tertiary/aromatic N) is 1. The summed E-state index contributed by atoms with van der Waals surface area (Å²) in [5.74, 6) is 0.776. The van der Waals surface area contributed by atoms with Crippen molar-refractivity contribution in [3.8, 4) is 0 Å². The minimum Gasteiger partial charge on any atom is -0.330 e. The fourth-order valence-electron chi connectivity index (χ4n) is 2.72. The van der Waals surface area contributed by atoms with Gasteiger partial charge in [0.1, 0.15) is 0 Å². The molecule has 1 aromatic carbocycles. The van der Waals surface area contributed by atoms with Gasteiger partial charge in [0, 0.05) is 12.1 Å². The van der Waals surface area contributed by atoms with Gasteiger partial charge in [-0.2, -0.15) is 0 Å². The summed E-state index contributed by atoms with van der Waals surface area (Å²) in [5, 5.41) is 0. The summed E-state index contributed by atoms with van der Waals surface area (Å²) in [5.41, 5.74) is 7.80. The van der Waals surface area contributed by atoms with Gasteiger partial charge in [0.15, 0.2) is 5.78 Å². The Balaban J connectivity index is 2.02. The van der Waals surface area contributed by atoms with Gasteiger partial charge in [-0.15, -0.1) is 0 Å². The standard InChI is InChI=1S/C16H24N2O/c1-3-13-4-6-15(7-5-13)16(19)12(2)18-9-8-14(10-17)11-18/h4-7,12,14H,3,8-11,17H2,1-2H3. The molecule has 1 fully saturated rings. The maximum absolute atomic E-state index is 12.5. The Morgan fingerprint density at radius 3 is 2.63 bits per heavy atom. The quantitative estimate of drug-likeness (QED) is 0.825. The number of Topliss-reactive ketones (excluding diaryl/α,β-unsaturated/α-hetero) is 1. The molecule has 0 saturated carbocycles. The summed E-state index contributed by atoms with van der Waals surface area (Å²) in [7, 11) is 0. The van der Waals surface area contributed by atoms with E-state index >= 15 is 0 Å². The summed E-state index contributed by atoms with van der Waals surface area (Å²) >= 11 is 0. The molecule has 104 valence electrons. The highest BCUT2D eigenvalue weighted by atomic mass is 16.1. The van der Waals surface area contributed by atoms with Crippen LogP contribution >= 0.6 is 0 Å². The molecule has 3 heteroatoms. The average Bonchev–Trinajstić information content (AvgIpc) is 2.94. The van der Waals surface area contributed by atoms with Crippen LogP contribution in [0.2, 0.25) is 0 Å². The van der Waals surface area contributed by atoms with Gasteiger partial charge in [-0.05, 0) is 44.3 Å². The van der Waals surface area contributed by atoms with Crippen molar-refractivity contribution in [3.05, 3.63) is 35.4 Å². The van der Waals surface area contributed by atoms with E-state index in [1.807, 2.05) is 31.2 Å². The van der Waals surface area contributed by atoms with Crippen molar-refractivity contribution in [2.75, 3.05) is 19.6 Å². The Morgan fingerprint density at radius 1 is 1.42 bits per heavy atom. The van der Waals surface area contributed by atoms with Crippen LogP contribution in [0.25, 0.3) is 0 Å². The topological polar surface area (TPSA) is 46.3 Å². The number of likely N-dealkylation sites (tertiary alicyclic amines) is 1. The monoisotopic (exact) mass is 260 g/mol. The number of hydrogen-bond acceptors (Lipinski definition) is 3. The van der Waals surface area contributed by atoms with Crippen LogP contribution in [0.5, 0.6) is 0 Å². The number of ketones is 1. The zero-order valence-electron chi connectivity index (χ0n) is 11.9. The van der Waals surface area contributed by atoms with E-state index in [-0.39, 0.29) is 11.8 Å². The van der Waals surface area contributed by atoms with Crippen molar-refractivity contribution >= 4 is 5.78 Å². The van der Waals surface area contributed by atoms with E-state index in [0.29, 0.717) is 5.92 Å². The van der Waals surface area contributed by atoms with Crippen molar-refractivity contribution in [2.24, 2.45) is 11.7 Å². The number of rotatable bonds is 5. The van der Waals surface area contributed by atoms with E-state index in [0.717, 1.165) is 38.0 Å². The van der Waals surface area contributed by atoms with Gasteiger partial charge in [-0.25, -0.2) is 0 Å². The van der Waals surface area contributed by atoms with Crippen molar-refractivity contribution in [1.29, 1.82) is 0 Å². The number of carbonyl (C=O) groups is 1. The molecule has 0 radical (unpaired) electrons. The predicted octanol–water partition coefficient (Wildman–Crippen LogP) is 2.10. The first-order valence-corrected chi connectivity index (χ1v) is 7.23. The van der Waals surface area contributed by atoms with Gasteiger partial charge in [-0.1, -0.05) is 31.2 Å². The van der Waals surface area contributed by atoms with Crippen LogP contribution in [0.4, 0.5) is 0 Å². The molecule has 0 aromatic heterocycles. The van der Waals surface area contributed by atoms with Crippen LogP contribution in [0.15, 0.2) is 24.3 Å². The van der Waals surface area contributed by atoms with Crippen molar-refractivity contribution < 1.29 is 4.79 Å². The normalized spacial score (nSPS) is 21.5. The Hall–Kier alpha value is -1.19. The van der Waals surface area contributed by atoms with Gasteiger partial charge < -0.3 is 5.73 Å². The molecule has 0 spiro atoms. The number of carbonyl (C=O) groups excluding carboxylic acids is 1. The summed E-state index contributed by atoms with van der Waals surface area (Å²) in [6.07, 6.45) is 2.12. The maximum Gasteiger partial charge on any atom is 0.179 e. The van der Waals surface area contributed by atoms with Crippen LogP contribution in [-0.2, 0) is 6.42 Å². The third kappa shape index (κ3) is 3.23. The summed E-state index contributed by atoms with van der Waals surface area (Å²) < 4.78 is 0. The van der Waals surface area contributed by atoms with Crippen LogP contribution in [0.3, 0.4) is 0 Å². The molecule has 2 unspecified atom stereocenters. The molecule has 2 N–H and O–H groups in total. The zero-order chi connectivity index (χ0) is 13.8. The van der Waals surface area contributed by atoms with Gasteiger partial charge in [0.25, 0.3) is 0 Å². The highest BCUT2D eigenvalue weighted by molar-refractivity contribution is 5.99. The Labute approximate surface area is 115 Å². The van der Waals surface area contributed by atoms with Gasteiger partial charge in [0.2, 0.25) is 0 Å². The molecule has 0 amide bonds. The molecule has 1 aromatic rings. The summed E-state index contributed by atoms with van der Waals surface area (Å²) in [6, 6.07) is 7.96. The minimum atomic E-state index is -0.0379. The highest BCUT2D eigenvalue weighted by Crippen LogP contribution is 2.20. The zero-order valence-corrected chi connectivity index (χ0v) is 11.9. The molecule has 3 nitrogen and oxygen atoms in total. The molecule has 1 aliphatic rings. The Kier molecular flexibility index (Phi) is 4.72. The van der Waals surface area contributed by atoms with Gasteiger partial charge in [-0.3, -0.25) is 9.69 Å². The van der Waals surface area contributed by atoms with E-state index in [4.69, 9.17) is 5.73 Å². The number of hydrogen-bond donors (Lipinski definition) is 1. The van der Waals surface area contributed by atoms with Gasteiger partial charge >= 0.3 is 0 Å². The van der Waals surface area contributed by atoms with Crippen molar-refractivity contribution in [1.82, 2.24) is 4.90 Å². The molecule has 2 atom stereocenters. The van der Waals surface area contributed by atoms with Crippen molar-refractivity contribution in [2.45, 2.75) is 32.7 Å². The first-order valence-electron chi connectivity index (χ1n) is 7.23. The second-order valence-corrected chi connectivity index (χ2v) is 5.48. The Bertz CT molecular complexity index is 427. The molecule has 1 aliphatic heterocycles. The first kappa shape index (κ1) is 14.2. The van der Waals surface area contributed by atoms with Crippen LogP contribution in [0, 0.1) is 5.92 Å². The van der Waals surface area contributed by atoms with Gasteiger partial charge in [0.05, 0.1) is 6.04 Å². The average molecular weight is 260 g/mol. The smallest absolute Gasteiger partial charge is 0.179 e. The summed E-state index contributed by atoms with van der Waals surface area (Å²) in [4.78, 5) is 14.7. The minimum absolute atomic E-state index is 0.0379. The van der Waals surface area contributed by atoms with E-state index in [1.165, 1.54) is 5.56 Å². The number of nitrogens with two attached hydrogens (primary N) is 1. The van der Waals surface area contributed by atoms with Crippen LogP contribution < -0.4 is 5.73 Å². The molecule has 1 saturated heterocycles. The fraction of sp³-hybridized carbons (Fsp3) is 0.562. The lowest BCUT2D eigenvalue weighted by Crippen LogP contribution is -2.37. The van der Waals surface area contributed by atoms with Crippen LogP contribution in [0.1, 0.15) is 36.2 Å². The fourth-order valence-corrected chi connectivity index (χ4v) is 2.72. The maximum atomic E-state index is 12.5. The lowest BCUT2D eigenvalue weighted by molar-refractivity contribution is 0.0863. The molecule has 1 heterocycles. The lowest BCUT2D eigenvalue weighted by atomic mass is 10.0. The molecular formula is C16H24N2O. The second-order valence-electron chi connectivity index (χ2n) is 5.48. The van der Waals surface area contributed by atoms with E-state index < -0.39 is 0 Å². The molecule has 0 bridgehead atoms. The predicted molar refractivity (Wildman–Crippen MR) is 78.3 cm³/mol. The van der Waals surface area contributed by atoms with Crippen LogP contribution in [-0.4, -0.2) is 36.4 Å². The van der Waals surface area contributed by atoms with Crippen molar-refractivity contribution in [3.63, 3.8) is 0 Å². The molecule has 0 aliphatic carbocycles. The highest BCUT2D eigenvalue weighted by Gasteiger charge is 2.29. The van der Waals surface area contributed by atoms with E-state index in [1.54, 1.807) is 0 Å². The summed E-state index contributed by atoms with van der Waals surface area (Å²) in [6.45, 7) is 6.80. The molecule has 19 heavy (non-hydrogen) atoms. The SMILES string of the molecule is CCc1ccc(C(=O)C(C)N2CCC(CN)C2)cc1. The third-order valence-corrected chi connectivity index (χ3v) is 4.22. The first-order chi connectivity index (χ1) is 9.15. The Morgan fingerprint density at radius 2 is 2.11 bits per heavy atom. The second kappa shape index (κ2) is 6.31. The number of benzene rings is 1. The lowest BCUT2D eigenvalue weighted by Gasteiger charge is -2.23.